The van der Waals surface area contributed by atoms with Crippen LogP contribution in [-0.4, -0.2) is 17.9 Å². The number of rotatable bonds is 3. The fourth-order valence-corrected chi connectivity index (χ4v) is 7.15. The first-order valence-electron chi connectivity index (χ1n) is 10.9. The van der Waals surface area contributed by atoms with Gasteiger partial charge in [-0.15, -0.1) is 0 Å². The third-order valence-electron chi connectivity index (χ3n) is 8.59. The molecular weight excluding hydrogens is 336 g/mol. The van der Waals surface area contributed by atoms with Crippen molar-refractivity contribution in [1.29, 1.82) is 0 Å². The lowest BCUT2D eigenvalue weighted by Crippen LogP contribution is -2.50. The number of Topliss-reactive ketones (excluding diaryl/α,β-unsaturated/α-hetero) is 1. The van der Waals surface area contributed by atoms with Crippen LogP contribution >= 0.6 is 0 Å². The normalized spacial score (nSPS) is 43.0. The fraction of sp³-hybridized carbons (Fsp3) is 0.750. The zero-order valence-electron chi connectivity index (χ0n) is 17.3. The zero-order chi connectivity index (χ0) is 19.4. The molecule has 0 aromatic rings. The molecule has 0 radical (unpaired) electrons. The van der Waals surface area contributed by atoms with Crippen molar-refractivity contribution in [1.82, 2.24) is 0 Å². The summed E-state index contributed by atoms with van der Waals surface area (Å²) < 4.78 is 5.53. The first kappa shape index (κ1) is 19.0. The molecule has 0 aromatic heterocycles. The predicted molar refractivity (Wildman–Crippen MR) is 106 cm³/mol. The average Bonchev–Trinajstić information content (AvgIpc) is 2.98. The lowest BCUT2D eigenvalue weighted by molar-refractivity contribution is -0.148. The maximum Gasteiger partial charge on any atom is 0.302 e. The van der Waals surface area contributed by atoms with Gasteiger partial charge < -0.3 is 4.74 Å². The largest absolute Gasteiger partial charge is 0.462 e. The van der Waals surface area contributed by atoms with E-state index >= 15 is 0 Å². The second kappa shape index (κ2) is 6.60. The number of allylic oxidation sites excluding steroid dienone is 3. The number of hydrogen-bond acceptors (Lipinski definition) is 3. The van der Waals surface area contributed by atoms with Gasteiger partial charge in [-0.3, -0.25) is 9.59 Å². The molecule has 4 unspecified atom stereocenters. The number of fused-ring (bicyclic) bond motifs is 5. The molecule has 148 valence electrons. The van der Waals surface area contributed by atoms with E-state index in [1.807, 2.05) is 6.92 Å². The van der Waals surface area contributed by atoms with E-state index in [1.165, 1.54) is 18.9 Å². The number of ketones is 1. The lowest BCUT2D eigenvalue weighted by Gasteiger charge is -2.57. The molecule has 27 heavy (non-hydrogen) atoms. The number of esters is 1. The molecule has 0 heterocycles. The molecule has 0 aliphatic heterocycles. The Morgan fingerprint density at radius 2 is 1.81 bits per heavy atom. The molecular formula is C24H34O3. The minimum Gasteiger partial charge on any atom is -0.462 e. The van der Waals surface area contributed by atoms with Gasteiger partial charge in [-0.2, -0.15) is 0 Å². The van der Waals surface area contributed by atoms with Crippen LogP contribution < -0.4 is 0 Å². The van der Waals surface area contributed by atoms with Gasteiger partial charge in [-0.25, -0.2) is 0 Å². The summed E-state index contributed by atoms with van der Waals surface area (Å²) >= 11 is 0. The SMILES string of the molecule is CCC(=O)C1=CCC2C3CC=C4CC(OC(C)=O)CC[C@]4(C)C3CC[C@]12C. The van der Waals surface area contributed by atoms with Crippen molar-refractivity contribution in [3.05, 3.63) is 23.3 Å². The minimum atomic E-state index is -0.156. The topological polar surface area (TPSA) is 43.4 Å². The second-order valence-electron chi connectivity index (χ2n) is 9.82. The number of carbonyl (C=O) groups is 2. The maximum absolute atomic E-state index is 12.5. The molecule has 6 atom stereocenters. The molecule has 4 aliphatic rings. The molecule has 2 saturated carbocycles. The van der Waals surface area contributed by atoms with E-state index in [0.29, 0.717) is 30.0 Å². The number of carbonyl (C=O) groups excluding carboxylic acids is 2. The third-order valence-corrected chi connectivity index (χ3v) is 8.59. The minimum absolute atomic E-state index is 0.0640. The molecule has 0 spiro atoms. The van der Waals surface area contributed by atoms with Gasteiger partial charge in [0.1, 0.15) is 6.10 Å². The van der Waals surface area contributed by atoms with Crippen LogP contribution in [0.4, 0.5) is 0 Å². The second-order valence-corrected chi connectivity index (χ2v) is 9.82. The van der Waals surface area contributed by atoms with Crippen molar-refractivity contribution in [3.8, 4) is 0 Å². The average molecular weight is 371 g/mol. The van der Waals surface area contributed by atoms with Crippen LogP contribution in [0.5, 0.6) is 0 Å². The van der Waals surface area contributed by atoms with Crippen molar-refractivity contribution in [2.45, 2.75) is 85.2 Å². The maximum atomic E-state index is 12.5. The fourth-order valence-electron chi connectivity index (χ4n) is 7.15. The van der Waals surface area contributed by atoms with Crippen LogP contribution in [0.3, 0.4) is 0 Å². The van der Waals surface area contributed by atoms with Crippen LogP contribution in [0, 0.1) is 28.6 Å². The summed E-state index contributed by atoms with van der Waals surface area (Å²) in [7, 11) is 0. The van der Waals surface area contributed by atoms with Gasteiger partial charge in [-0.05, 0) is 72.7 Å². The van der Waals surface area contributed by atoms with Crippen molar-refractivity contribution in [3.63, 3.8) is 0 Å². The van der Waals surface area contributed by atoms with E-state index in [9.17, 15) is 9.59 Å². The molecule has 4 aliphatic carbocycles. The Balaban J connectivity index is 1.58. The van der Waals surface area contributed by atoms with Crippen LogP contribution in [0.2, 0.25) is 0 Å². The highest BCUT2D eigenvalue weighted by molar-refractivity contribution is 5.97. The Kier molecular flexibility index (Phi) is 4.63. The van der Waals surface area contributed by atoms with Crippen LogP contribution in [0.1, 0.15) is 79.1 Å². The summed E-state index contributed by atoms with van der Waals surface area (Å²) in [6.45, 7) is 8.33. The van der Waals surface area contributed by atoms with E-state index in [1.54, 1.807) is 0 Å². The summed E-state index contributed by atoms with van der Waals surface area (Å²) in [5, 5.41) is 0. The highest BCUT2D eigenvalue weighted by atomic mass is 16.5. The van der Waals surface area contributed by atoms with Crippen molar-refractivity contribution in [2.75, 3.05) is 0 Å². The molecule has 3 nitrogen and oxygen atoms in total. The van der Waals surface area contributed by atoms with Crippen LogP contribution in [-0.2, 0) is 14.3 Å². The number of hydrogen-bond donors (Lipinski definition) is 0. The van der Waals surface area contributed by atoms with Crippen molar-refractivity contribution < 1.29 is 14.3 Å². The van der Waals surface area contributed by atoms with Gasteiger partial charge in [0.05, 0.1) is 0 Å². The van der Waals surface area contributed by atoms with Gasteiger partial charge in [0.15, 0.2) is 5.78 Å². The number of ether oxygens (including phenoxy) is 1. The zero-order valence-corrected chi connectivity index (χ0v) is 17.3. The smallest absolute Gasteiger partial charge is 0.302 e. The summed E-state index contributed by atoms with van der Waals surface area (Å²) in [6.07, 6.45) is 13.0. The van der Waals surface area contributed by atoms with Crippen LogP contribution in [0.15, 0.2) is 23.3 Å². The first-order valence-corrected chi connectivity index (χ1v) is 10.9. The highest BCUT2D eigenvalue weighted by Gasteiger charge is 2.57. The van der Waals surface area contributed by atoms with E-state index in [4.69, 9.17) is 4.74 Å². The van der Waals surface area contributed by atoms with E-state index in [2.05, 4.69) is 26.0 Å². The molecule has 0 saturated heterocycles. The first-order chi connectivity index (χ1) is 12.8. The van der Waals surface area contributed by atoms with Gasteiger partial charge in [0.25, 0.3) is 0 Å². The van der Waals surface area contributed by atoms with E-state index in [0.717, 1.165) is 44.1 Å². The molecule has 0 bridgehead atoms. The van der Waals surface area contributed by atoms with Crippen molar-refractivity contribution >= 4 is 11.8 Å². The molecule has 0 N–H and O–H groups in total. The monoisotopic (exact) mass is 370 g/mol. The van der Waals surface area contributed by atoms with E-state index in [-0.39, 0.29) is 22.9 Å². The van der Waals surface area contributed by atoms with Gasteiger partial charge >= 0.3 is 5.97 Å². The Bertz CT molecular complexity index is 717. The molecule has 3 heteroatoms. The third kappa shape index (κ3) is 2.84. The molecule has 2 fully saturated rings. The Labute approximate surface area is 163 Å². The summed E-state index contributed by atoms with van der Waals surface area (Å²) in [6, 6.07) is 0. The van der Waals surface area contributed by atoms with Gasteiger partial charge in [-0.1, -0.05) is 38.5 Å². The lowest BCUT2D eigenvalue weighted by atomic mass is 9.47. The Morgan fingerprint density at radius 1 is 1.07 bits per heavy atom. The quantitative estimate of drug-likeness (QED) is 0.494. The summed E-state index contributed by atoms with van der Waals surface area (Å²) in [4.78, 5) is 23.9. The van der Waals surface area contributed by atoms with E-state index < -0.39 is 0 Å². The Hall–Kier alpha value is -1.38. The van der Waals surface area contributed by atoms with Crippen molar-refractivity contribution in [2.24, 2.45) is 28.6 Å². The summed E-state index contributed by atoms with van der Waals surface area (Å²) in [5.41, 5.74) is 3.00. The highest BCUT2D eigenvalue weighted by Crippen LogP contribution is 2.65. The summed E-state index contributed by atoms with van der Waals surface area (Å²) in [5.74, 6) is 2.21. The molecule has 0 aromatic carbocycles. The standard InChI is InChI=1S/C24H34O3/c1-5-22(26)21-9-8-19-18-7-6-16-14-17(27-15(2)25)10-12-23(16,3)20(18)11-13-24(19,21)4/h6,9,17-20H,5,7-8,10-14H2,1-4H3/t17?,18?,19?,20?,23-,24-/m0/s1. The molecule has 4 rings (SSSR count). The van der Waals surface area contributed by atoms with Gasteiger partial charge in [0, 0.05) is 19.8 Å². The molecule has 0 amide bonds. The van der Waals surface area contributed by atoms with Gasteiger partial charge in [0.2, 0.25) is 0 Å². The Morgan fingerprint density at radius 3 is 2.52 bits per heavy atom. The van der Waals surface area contributed by atoms with Crippen LogP contribution in [0.25, 0.3) is 0 Å². The predicted octanol–water partition coefficient (Wildman–Crippen LogP) is 5.40.